The van der Waals surface area contributed by atoms with Crippen LogP contribution in [0.4, 0.5) is 0 Å². The number of hydrogen-bond acceptors (Lipinski definition) is 3. The number of β-amino-alcohol motifs (C(OH)–C–C–N with tert-alkyl or cyclic N) is 1. The lowest BCUT2D eigenvalue weighted by Gasteiger charge is -2.15. The van der Waals surface area contributed by atoms with E-state index in [0.29, 0.717) is 25.3 Å². The van der Waals surface area contributed by atoms with Gasteiger partial charge in [-0.2, -0.15) is 0 Å². The second-order valence-electron chi connectivity index (χ2n) is 4.02. The summed E-state index contributed by atoms with van der Waals surface area (Å²) < 4.78 is 6.35. The number of amides is 1. The molecule has 1 N–H and O–H groups in total. The smallest absolute Gasteiger partial charge is 0.260 e. The van der Waals surface area contributed by atoms with Crippen LogP contribution in [0.5, 0.6) is 5.75 Å². The van der Waals surface area contributed by atoms with Crippen LogP contribution < -0.4 is 4.74 Å². The summed E-state index contributed by atoms with van der Waals surface area (Å²) in [5, 5.41) is 9.32. The van der Waals surface area contributed by atoms with Crippen LogP contribution in [-0.4, -0.2) is 41.7 Å². The Kier molecular flexibility index (Phi) is 4.02. The molecule has 1 aliphatic rings. The lowest BCUT2D eigenvalue weighted by Crippen LogP contribution is -2.33. The molecule has 0 spiro atoms. The molecule has 0 saturated carbocycles. The largest absolute Gasteiger partial charge is 0.484 e. The summed E-state index contributed by atoms with van der Waals surface area (Å²) in [6, 6.07) is 7.32. The fourth-order valence-electron chi connectivity index (χ4n) is 1.74. The van der Waals surface area contributed by atoms with Crippen LogP contribution >= 0.6 is 15.9 Å². The number of hydrogen-bond donors (Lipinski definition) is 1. The van der Waals surface area contributed by atoms with Crippen LogP contribution in [0.15, 0.2) is 28.7 Å². The average Bonchev–Trinajstić information content (AvgIpc) is 2.75. The molecule has 1 heterocycles. The van der Waals surface area contributed by atoms with E-state index in [2.05, 4.69) is 15.9 Å². The fraction of sp³-hybridized carbons (Fsp3) is 0.417. The van der Waals surface area contributed by atoms with Crippen molar-refractivity contribution in [2.24, 2.45) is 0 Å². The molecule has 0 aromatic heterocycles. The van der Waals surface area contributed by atoms with Crippen molar-refractivity contribution >= 4 is 21.8 Å². The third-order valence-corrected chi connectivity index (χ3v) is 3.22. The summed E-state index contributed by atoms with van der Waals surface area (Å²) in [4.78, 5) is 13.3. The van der Waals surface area contributed by atoms with Crippen LogP contribution in [-0.2, 0) is 4.79 Å². The first-order valence-corrected chi connectivity index (χ1v) is 6.28. The molecule has 1 amide bonds. The summed E-state index contributed by atoms with van der Waals surface area (Å²) >= 11 is 3.33. The van der Waals surface area contributed by atoms with Crippen molar-refractivity contribution in [1.29, 1.82) is 0 Å². The Hall–Kier alpha value is -1.07. The number of carbonyl (C=O) groups is 1. The van der Waals surface area contributed by atoms with Gasteiger partial charge in [0.1, 0.15) is 5.75 Å². The Labute approximate surface area is 108 Å². The zero-order valence-electron chi connectivity index (χ0n) is 9.30. The highest BCUT2D eigenvalue weighted by Gasteiger charge is 2.24. The Morgan fingerprint density at radius 3 is 2.76 bits per heavy atom. The van der Waals surface area contributed by atoms with Gasteiger partial charge >= 0.3 is 0 Å². The first kappa shape index (κ1) is 12.4. The molecule has 1 fully saturated rings. The van der Waals surface area contributed by atoms with E-state index in [4.69, 9.17) is 4.74 Å². The Bertz CT molecular complexity index is 393. The average molecular weight is 300 g/mol. The van der Waals surface area contributed by atoms with Crippen molar-refractivity contribution in [1.82, 2.24) is 4.90 Å². The second-order valence-corrected chi connectivity index (χ2v) is 4.94. The van der Waals surface area contributed by atoms with Crippen LogP contribution in [0.3, 0.4) is 0 Å². The zero-order chi connectivity index (χ0) is 12.3. The molecule has 1 aliphatic heterocycles. The molecule has 5 heteroatoms. The molecular formula is C12H14BrNO3. The van der Waals surface area contributed by atoms with Crippen LogP contribution in [0.25, 0.3) is 0 Å². The van der Waals surface area contributed by atoms with Gasteiger partial charge in [0.15, 0.2) is 6.61 Å². The molecule has 0 radical (unpaired) electrons. The molecule has 0 aliphatic carbocycles. The quantitative estimate of drug-likeness (QED) is 0.918. The molecule has 1 aromatic rings. The lowest BCUT2D eigenvalue weighted by molar-refractivity contribution is -0.132. The highest BCUT2D eigenvalue weighted by molar-refractivity contribution is 9.10. The van der Waals surface area contributed by atoms with Gasteiger partial charge in [0, 0.05) is 17.6 Å². The molecule has 1 saturated heterocycles. The number of ether oxygens (including phenoxy) is 1. The molecule has 1 unspecified atom stereocenters. The van der Waals surface area contributed by atoms with Crippen molar-refractivity contribution in [3.63, 3.8) is 0 Å². The zero-order valence-corrected chi connectivity index (χ0v) is 10.9. The number of carbonyl (C=O) groups excluding carboxylic acids is 1. The number of halogens is 1. The van der Waals surface area contributed by atoms with Gasteiger partial charge < -0.3 is 14.7 Å². The maximum absolute atomic E-state index is 11.7. The molecule has 1 atom stereocenters. The molecule has 0 bridgehead atoms. The normalized spacial score (nSPS) is 19.4. The minimum Gasteiger partial charge on any atom is -0.484 e. The minimum absolute atomic E-state index is 0.0222. The second kappa shape index (κ2) is 5.51. The van der Waals surface area contributed by atoms with E-state index in [1.807, 2.05) is 12.1 Å². The standard InChI is InChI=1S/C12H14BrNO3/c13-9-1-3-11(4-2-9)17-8-12(16)14-6-5-10(15)7-14/h1-4,10,15H,5-8H2. The molecule has 2 rings (SSSR count). The molecule has 1 aromatic carbocycles. The van der Waals surface area contributed by atoms with Crippen molar-refractivity contribution in [2.45, 2.75) is 12.5 Å². The van der Waals surface area contributed by atoms with Crippen molar-refractivity contribution in [2.75, 3.05) is 19.7 Å². The van der Waals surface area contributed by atoms with Gasteiger partial charge in [0.05, 0.1) is 6.10 Å². The SMILES string of the molecule is O=C(COc1ccc(Br)cc1)N1CCC(O)C1. The predicted molar refractivity (Wildman–Crippen MR) is 66.8 cm³/mol. The van der Waals surface area contributed by atoms with E-state index in [1.54, 1.807) is 17.0 Å². The maximum Gasteiger partial charge on any atom is 0.260 e. The predicted octanol–water partition coefficient (Wildman–Crippen LogP) is 1.42. The van der Waals surface area contributed by atoms with E-state index in [-0.39, 0.29) is 18.6 Å². The van der Waals surface area contributed by atoms with Gasteiger partial charge in [-0.1, -0.05) is 15.9 Å². The van der Waals surface area contributed by atoms with E-state index < -0.39 is 0 Å². The van der Waals surface area contributed by atoms with Gasteiger partial charge in [-0.15, -0.1) is 0 Å². The number of benzene rings is 1. The molecule has 17 heavy (non-hydrogen) atoms. The minimum atomic E-state index is -0.383. The van der Waals surface area contributed by atoms with Gasteiger partial charge in [0.25, 0.3) is 5.91 Å². The summed E-state index contributed by atoms with van der Waals surface area (Å²) in [7, 11) is 0. The van der Waals surface area contributed by atoms with Crippen LogP contribution in [0, 0.1) is 0 Å². The van der Waals surface area contributed by atoms with E-state index >= 15 is 0 Å². The van der Waals surface area contributed by atoms with Crippen molar-refractivity contribution < 1.29 is 14.6 Å². The van der Waals surface area contributed by atoms with Gasteiger partial charge in [-0.05, 0) is 30.7 Å². The Balaban J connectivity index is 1.82. The fourth-order valence-corrected chi connectivity index (χ4v) is 2.00. The Morgan fingerprint density at radius 2 is 2.18 bits per heavy atom. The maximum atomic E-state index is 11.7. The number of nitrogens with zero attached hydrogens (tertiary/aromatic N) is 1. The summed E-state index contributed by atoms with van der Waals surface area (Å²) in [5.74, 6) is 0.589. The van der Waals surface area contributed by atoms with Gasteiger partial charge in [-0.3, -0.25) is 4.79 Å². The van der Waals surface area contributed by atoms with E-state index in [1.165, 1.54) is 0 Å². The lowest BCUT2D eigenvalue weighted by atomic mass is 10.3. The molecule has 92 valence electrons. The Morgan fingerprint density at radius 1 is 1.47 bits per heavy atom. The first-order valence-electron chi connectivity index (χ1n) is 5.49. The van der Waals surface area contributed by atoms with E-state index in [9.17, 15) is 9.90 Å². The number of aliphatic hydroxyl groups excluding tert-OH is 1. The monoisotopic (exact) mass is 299 g/mol. The highest BCUT2D eigenvalue weighted by atomic mass is 79.9. The number of likely N-dealkylation sites (tertiary alicyclic amines) is 1. The van der Waals surface area contributed by atoms with Crippen LogP contribution in [0.1, 0.15) is 6.42 Å². The molecule has 4 nitrogen and oxygen atoms in total. The topological polar surface area (TPSA) is 49.8 Å². The number of aliphatic hydroxyl groups is 1. The number of rotatable bonds is 3. The highest BCUT2D eigenvalue weighted by Crippen LogP contribution is 2.16. The summed E-state index contributed by atoms with van der Waals surface area (Å²) in [6.07, 6.45) is 0.274. The van der Waals surface area contributed by atoms with E-state index in [0.717, 1.165) is 4.47 Å². The van der Waals surface area contributed by atoms with Crippen LogP contribution in [0.2, 0.25) is 0 Å². The summed E-state index contributed by atoms with van der Waals surface area (Å²) in [5.41, 5.74) is 0. The van der Waals surface area contributed by atoms with Crippen molar-refractivity contribution in [3.05, 3.63) is 28.7 Å². The third kappa shape index (κ3) is 3.44. The van der Waals surface area contributed by atoms with Gasteiger partial charge in [-0.25, -0.2) is 0 Å². The van der Waals surface area contributed by atoms with Gasteiger partial charge in [0.2, 0.25) is 0 Å². The first-order chi connectivity index (χ1) is 8.15. The summed E-state index contributed by atoms with van der Waals surface area (Å²) in [6.45, 7) is 1.06. The third-order valence-electron chi connectivity index (χ3n) is 2.69. The molecular weight excluding hydrogens is 286 g/mol. The van der Waals surface area contributed by atoms with Crippen molar-refractivity contribution in [3.8, 4) is 5.75 Å².